The number of carboxylic acid groups (broad SMARTS) is 1. The van der Waals surface area contributed by atoms with E-state index in [0.29, 0.717) is 13.0 Å². The third kappa shape index (κ3) is 3.51. The normalized spacial score (nSPS) is 23.8. The van der Waals surface area contributed by atoms with Crippen molar-refractivity contribution in [3.05, 3.63) is 30.1 Å². The van der Waals surface area contributed by atoms with Gasteiger partial charge in [0.15, 0.2) is 6.10 Å². The molecule has 0 aromatic carbocycles. The molecule has 0 aliphatic carbocycles. The summed E-state index contributed by atoms with van der Waals surface area (Å²) in [5.74, 6) is -0.860. The van der Waals surface area contributed by atoms with E-state index in [2.05, 4.69) is 10.3 Å². The van der Waals surface area contributed by atoms with Crippen LogP contribution in [0.2, 0.25) is 0 Å². The van der Waals surface area contributed by atoms with Gasteiger partial charge in [0, 0.05) is 25.5 Å². The second-order valence-electron chi connectivity index (χ2n) is 4.15. The molecule has 0 saturated carbocycles. The van der Waals surface area contributed by atoms with Gasteiger partial charge in [0.05, 0.1) is 6.10 Å². The van der Waals surface area contributed by atoms with Gasteiger partial charge in [-0.1, -0.05) is 0 Å². The third-order valence-corrected chi connectivity index (χ3v) is 2.83. The zero-order chi connectivity index (χ0) is 12.1. The summed E-state index contributed by atoms with van der Waals surface area (Å²) in [6.45, 7) is 1.44. The first-order valence-corrected chi connectivity index (χ1v) is 5.73. The number of ether oxygens (including phenoxy) is 1. The maximum Gasteiger partial charge on any atom is 0.332 e. The van der Waals surface area contributed by atoms with Crippen LogP contribution in [0.4, 0.5) is 0 Å². The van der Waals surface area contributed by atoms with Gasteiger partial charge in [-0.2, -0.15) is 0 Å². The Morgan fingerprint density at radius 2 is 2.24 bits per heavy atom. The molecule has 1 saturated heterocycles. The molecule has 1 aromatic rings. The van der Waals surface area contributed by atoms with Gasteiger partial charge in [-0.05, 0) is 30.5 Å². The largest absolute Gasteiger partial charge is 0.479 e. The summed E-state index contributed by atoms with van der Waals surface area (Å²) in [7, 11) is 0. The van der Waals surface area contributed by atoms with Crippen LogP contribution >= 0.6 is 0 Å². The van der Waals surface area contributed by atoms with Gasteiger partial charge in [0.25, 0.3) is 0 Å². The molecule has 0 amide bonds. The monoisotopic (exact) mass is 236 g/mol. The van der Waals surface area contributed by atoms with Crippen molar-refractivity contribution in [3.8, 4) is 0 Å². The number of carbonyl (C=O) groups is 1. The van der Waals surface area contributed by atoms with Crippen molar-refractivity contribution in [1.82, 2.24) is 10.3 Å². The minimum absolute atomic E-state index is 0.0120. The van der Waals surface area contributed by atoms with E-state index in [1.54, 1.807) is 12.4 Å². The van der Waals surface area contributed by atoms with Crippen LogP contribution in [0.25, 0.3) is 0 Å². The molecular formula is C12H16N2O3. The Balaban J connectivity index is 1.68. The van der Waals surface area contributed by atoms with E-state index in [1.165, 1.54) is 0 Å². The van der Waals surface area contributed by atoms with Crippen LogP contribution in [0, 0.1) is 0 Å². The van der Waals surface area contributed by atoms with E-state index < -0.39 is 12.1 Å². The van der Waals surface area contributed by atoms with E-state index in [9.17, 15) is 4.79 Å². The first kappa shape index (κ1) is 12.0. The maximum absolute atomic E-state index is 10.7. The molecule has 1 aromatic heterocycles. The molecule has 1 aliphatic rings. The molecular weight excluding hydrogens is 220 g/mol. The van der Waals surface area contributed by atoms with Crippen molar-refractivity contribution in [3.63, 3.8) is 0 Å². The minimum atomic E-state index is -0.860. The van der Waals surface area contributed by atoms with Crippen LogP contribution in [-0.4, -0.2) is 34.8 Å². The van der Waals surface area contributed by atoms with Crippen LogP contribution in [0.3, 0.4) is 0 Å². The predicted octanol–water partition coefficient (Wildman–Crippen LogP) is 0.803. The Hall–Kier alpha value is -1.46. The van der Waals surface area contributed by atoms with Crippen LogP contribution in [0.5, 0.6) is 0 Å². The molecule has 0 spiro atoms. The number of rotatable bonds is 5. The Labute approximate surface area is 99.8 Å². The summed E-state index contributed by atoms with van der Waals surface area (Å²) in [5, 5.41) is 12.0. The summed E-state index contributed by atoms with van der Waals surface area (Å²) >= 11 is 0. The summed E-state index contributed by atoms with van der Waals surface area (Å²) < 4.78 is 5.39. The number of carboxylic acids is 1. The Kier molecular flexibility index (Phi) is 4.06. The first-order chi connectivity index (χ1) is 8.25. The van der Waals surface area contributed by atoms with Crippen molar-refractivity contribution in [2.75, 3.05) is 6.54 Å². The Bertz CT molecular complexity index is 369. The molecule has 92 valence electrons. The molecule has 2 heterocycles. The number of aliphatic carboxylic acids is 1. The lowest BCUT2D eigenvalue weighted by atomic mass is 10.2. The number of pyridine rings is 1. The van der Waals surface area contributed by atoms with Crippen LogP contribution < -0.4 is 5.32 Å². The minimum Gasteiger partial charge on any atom is -0.479 e. The fourth-order valence-corrected chi connectivity index (χ4v) is 1.92. The van der Waals surface area contributed by atoms with E-state index >= 15 is 0 Å². The molecule has 0 bridgehead atoms. The van der Waals surface area contributed by atoms with Crippen LogP contribution in [-0.2, 0) is 16.1 Å². The van der Waals surface area contributed by atoms with Crippen molar-refractivity contribution in [2.24, 2.45) is 0 Å². The smallest absolute Gasteiger partial charge is 0.332 e. The summed E-state index contributed by atoms with van der Waals surface area (Å²) in [5.41, 5.74) is 1.16. The fraction of sp³-hybridized carbons (Fsp3) is 0.500. The molecule has 0 radical (unpaired) electrons. The number of nitrogens with one attached hydrogen (secondary N) is 1. The maximum atomic E-state index is 10.7. The Morgan fingerprint density at radius 3 is 2.88 bits per heavy atom. The standard InChI is InChI=1S/C12H16N2O3/c15-12(16)11-2-1-10(17-11)8-14-7-9-3-5-13-6-4-9/h3-6,10-11,14H,1-2,7-8H2,(H,15,16). The molecule has 5 heteroatoms. The lowest BCUT2D eigenvalue weighted by Crippen LogP contribution is -2.28. The average molecular weight is 236 g/mol. The van der Waals surface area contributed by atoms with Crippen molar-refractivity contribution in [1.29, 1.82) is 0 Å². The number of aromatic nitrogens is 1. The molecule has 2 atom stereocenters. The summed E-state index contributed by atoms with van der Waals surface area (Å²) in [6.07, 6.45) is 4.31. The number of nitrogens with zero attached hydrogens (tertiary/aromatic N) is 1. The first-order valence-electron chi connectivity index (χ1n) is 5.73. The Morgan fingerprint density at radius 1 is 1.47 bits per heavy atom. The molecule has 5 nitrogen and oxygen atoms in total. The highest BCUT2D eigenvalue weighted by Gasteiger charge is 2.29. The van der Waals surface area contributed by atoms with E-state index in [1.807, 2.05) is 12.1 Å². The topological polar surface area (TPSA) is 71.5 Å². The van der Waals surface area contributed by atoms with Crippen molar-refractivity contribution < 1.29 is 14.6 Å². The molecule has 1 fully saturated rings. The highest BCUT2D eigenvalue weighted by Crippen LogP contribution is 2.19. The zero-order valence-electron chi connectivity index (χ0n) is 9.50. The SMILES string of the molecule is O=C(O)C1CCC(CNCc2ccncc2)O1. The predicted molar refractivity (Wildman–Crippen MR) is 61.5 cm³/mol. The quantitative estimate of drug-likeness (QED) is 0.791. The zero-order valence-corrected chi connectivity index (χ0v) is 9.50. The third-order valence-electron chi connectivity index (χ3n) is 2.83. The van der Waals surface area contributed by atoms with Gasteiger partial charge < -0.3 is 15.2 Å². The molecule has 2 N–H and O–H groups in total. The van der Waals surface area contributed by atoms with Crippen LogP contribution in [0.15, 0.2) is 24.5 Å². The highest BCUT2D eigenvalue weighted by molar-refractivity contribution is 5.72. The van der Waals surface area contributed by atoms with Crippen LogP contribution in [0.1, 0.15) is 18.4 Å². The van der Waals surface area contributed by atoms with E-state index in [0.717, 1.165) is 18.5 Å². The van der Waals surface area contributed by atoms with Gasteiger partial charge in [0.2, 0.25) is 0 Å². The lowest BCUT2D eigenvalue weighted by Gasteiger charge is -2.12. The van der Waals surface area contributed by atoms with Crippen molar-refractivity contribution >= 4 is 5.97 Å². The van der Waals surface area contributed by atoms with Gasteiger partial charge in [-0.15, -0.1) is 0 Å². The van der Waals surface area contributed by atoms with Gasteiger partial charge in [-0.3, -0.25) is 4.98 Å². The second-order valence-corrected chi connectivity index (χ2v) is 4.15. The second kappa shape index (κ2) is 5.75. The van der Waals surface area contributed by atoms with Crippen molar-refractivity contribution in [2.45, 2.75) is 31.6 Å². The lowest BCUT2D eigenvalue weighted by molar-refractivity contribution is -0.149. The van der Waals surface area contributed by atoms with Gasteiger partial charge in [0.1, 0.15) is 0 Å². The molecule has 1 aliphatic heterocycles. The highest BCUT2D eigenvalue weighted by atomic mass is 16.5. The van der Waals surface area contributed by atoms with Gasteiger partial charge in [-0.25, -0.2) is 4.79 Å². The fourth-order valence-electron chi connectivity index (χ4n) is 1.92. The molecule has 2 rings (SSSR count). The summed E-state index contributed by atoms with van der Waals surface area (Å²) in [4.78, 5) is 14.6. The number of hydrogen-bond donors (Lipinski definition) is 2. The average Bonchev–Trinajstić information content (AvgIpc) is 2.79. The molecule has 2 unspecified atom stereocenters. The summed E-state index contributed by atoms with van der Waals surface area (Å²) in [6, 6.07) is 3.89. The van der Waals surface area contributed by atoms with E-state index in [4.69, 9.17) is 9.84 Å². The van der Waals surface area contributed by atoms with Gasteiger partial charge >= 0.3 is 5.97 Å². The van der Waals surface area contributed by atoms with E-state index in [-0.39, 0.29) is 6.10 Å². The molecule has 17 heavy (non-hydrogen) atoms. The number of hydrogen-bond acceptors (Lipinski definition) is 4.